The summed E-state index contributed by atoms with van der Waals surface area (Å²) >= 11 is 0. The lowest BCUT2D eigenvalue weighted by Gasteiger charge is -2.35. The standard InChI is InChI=1S/C29H40N4O5/c1-22(2)15-16-33(28(36)38-29(3,4)5)30-26(34)24-11-13-25(14-12-24)31-17-19-32(20-18-31)27(35)37-21-23-9-7-6-8-10-23/h6-14,22H,15-21H2,1-5H3,(H,30,34). The highest BCUT2D eigenvalue weighted by Gasteiger charge is 2.25. The van der Waals surface area contributed by atoms with Gasteiger partial charge < -0.3 is 19.3 Å². The van der Waals surface area contributed by atoms with Gasteiger partial charge in [-0.05, 0) is 62.9 Å². The monoisotopic (exact) mass is 524 g/mol. The van der Waals surface area contributed by atoms with E-state index in [4.69, 9.17) is 9.47 Å². The molecular formula is C29H40N4O5. The Labute approximate surface area is 225 Å². The lowest BCUT2D eigenvalue weighted by atomic mass is 10.1. The Hall–Kier alpha value is -3.75. The van der Waals surface area contributed by atoms with Crippen molar-refractivity contribution >= 4 is 23.8 Å². The number of amides is 3. The highest BCUT2D eigenvalue weighted by Crippen LogP contribution is 2.19. The first-order chi connectivity index (χ1) is 18.0. The average Bonchev–Trinajstić information content (AvgIpc) is 2.89. The fraction of sp³-hybridized carbons (Fsp3) is 0.483. The van der Waals surface area contributed by atoms with E-state index in [9.17, 15) is 14.4 Å². The first kappa shape index (κ1) is 28.8. The van der Waals surface area contributed by atoms with E-state index in [1.165, 1.54) is 5.01 Å². The van der Waals surface area contributed by atoms with Crippen molar-refractivity contribution < 1.29 is 23.9 Å². The van der Waals surface area contributed by atoms with Gasteiger partial charge in [-0.1, -0.05) is 44.2 Å². The van der Waals surface area contributed by atoms with Crippen molar-refractivity contribution in [2.45, 2.75) is 53.2 Å². The highest BCUT2D eigenvalue weighted by atomic mass is 16.6. The quantitative estimate of drug-likeness (QED) is 0.509. The van der Waals surface area contributed by atoms with E-state index in [2.05, 4.69) is 24.2 Å². The van der Waals surface area contributed by atoms with E-state index in [0.717, 1.165) is 17.7 Å². The number of hydrazine groups is 1. The third kappa shape index (κ3) is 8.97. The molecule has 0 spiro atoms. The molecular weight excluding hydrogens is 484 g/mol. The fourth-order valence-electron chi connectivity index (χ4n) is 3.87. The van der Waals surface area contributed by atoms with Crippen LogP contribution in [0.2, 0.25) is 0 Å². The number of benzene rings is 2. The van der Waals surface area contributed by atoms with Gasteiger partial charge in [-0.25, -0.2) is 14.6 Å². The maximum absolute atomic E-state index is 12.9. The zero-order chi connectivity index (χ0) is 27.7. The summed E-state index contributed by atoms with van der Waals surface area (Å²) in [5.74, 6) is -0.0144. The van der Waals surface area contributed by atoms with Crippen LogP contribution >= 0.6 is 0 Å². The zero-order valence-electron chi connectivity index (χ0n) is 23.1. The second-order valence-corrected chi connectivity index (χ2v) is 10.8. The van der Waals surface area contributed by atoms with Gasteiger partial charge in [-0.15, -0.1) is 0 Å². The molecule has 0 aromatic heterocycles. The van der Waals surface area contributed by atoms with Crippen molar-refractivity contribution in [3.63, 3.8) is 0 Å². The van der Waals surface area contributed by atoms with Gasteiger partial charge in [0.05, 0.1) is 0 Å². The highest BCUT2D eigenvalue weighted by molar-refractivity contribution is 5.95. The van der Waals surface area contributed by atoms with Crippen LogP contribution in [0.3, 0.4) is 0 Å². The summed E-state index contributed by atoms with van der Waals surface area (Å²) in [6.45, 7) is 12.5. The molecule has 0 saturated carbocycles. The summed E-state index contributed by atoms with van der Waals surface area (Å²) in [7, 11) is 0. The van der Waals surface area contributed by atoms with Crippen LogP contribution < -0.4 is 10.3 Å². The number of carbonyl (C=O) groups excluding carboxylic acids is 3. The Morgan fingerprint density at radius 3 is 2.16 bits per heavy atom. The Balaban J connectivity index is 1.52. The average molecular weight is 525 g/mol. The van der Waals surface area contributed by atoms with Gasteiger partial charge in [0.15, 0.2) is 0 Å². The van der Waals surface area contributed by atoms with E-state index in [1.807, 2.05) is 42.5 Å². The van der Waals surface area contributed by atoms with Gasteiger partial charge in [0.1, 0.15) is 12.2 Å². The molecule has 1 aliphatic rings. The molecule has 3 amide bonds. The van der Waals surface area contributed by atoms with Crippen molar-refractivity contribution in [2.24, 2.45) is 5.92 Å². The largest absolute Gasteiger partial charge is 0.445 e. The molecule has 0 atom stereocenters. The summed E-state index contributed by atoms with van der Waals surface area (Å²) < 4.78 is 10.9. The minimum Gasteiger partial charge on any atom is -0.445 e. The van der Waals surface area contributed by atoms with Crippen molar-refractivity contribution in [2.75, 3.05) is 37.6 Å². The molecule has 0 bridgehead atoms. The fourth-order valence-corrected chi connectivity index (χ4v) is 3.87. The predicted octanol–water partition coefficient (Wildman–Crippen LogP) is 5.07. The normalized spacial score (nSPS) is 13.7. The number of anilines is 1. The molecule has 0 unspecified atom stereocenters. The molecule has 9 heteroatoms. The third-order valence-corrected chi connectivity index (χ3v) is 6.02. The van der Waals surface area contributed by atoms with Crippen LogP contribution in [0.25, 0.3) is 0 Å². The Bertz CT molecular complexity index is 1060. The van der Waals surface area contributed by atoms with Crippen LogP contribution in [0.1, 0.15) is 57.0 Å². The van der Waals surface area contributed by atoms with Crippen molar-refractivity contribution in [3.05, 3.63) is 65.7 Å². The minimum atomic E-state index is -0.664. The first-order valence-corrected chi connectivity index (χ1v) is 13.1. The van der Waals surface area contributed by atoms with E-state index in [-0.39, 0.29) is 18.6 Å². The number of nitrogens with zero attached hydrogens (tertiary/aromatic N) is 3. The number of ether oxygens (including phenoxy) is 2. The minimum absolute atomic E-state index is 0.256. The number of hydrogen-bond acceptors (Lipinski definition) is 6. The van der Waals surface area contributed by atoms with Gasteiger partial charge in [0.25, 0.3) is 5.91 Å². The van der Waals surface area contributed by atoms with E-state index in [1.54, 1.807) is 37.8 Å². The molecule has 1 aliphatic heterocycles. The molecule has 0 radical (unpaired) electrons. The molecule has 1 heterocycles. The Morgan fingerprint density at radius 1 is 0.947 bits per heavy atom. The SMILES string of the molecule is CC(C)CCN(NC(=O)c1ccc(N2CCN(C(=O)OCc3ccccc3)CC2)cc1)C(=O)OC(C)(C)C. The summed E-state index contributed by atoms with van der Waals surface area (Å²) in [6.07, 6.45) is -0.166. The number of hydrogen-bond donors (Lipinski definition) is 1. The van der Waals surface area contributed by atoms with E-state index >= 15 is 0 Å². The van der Waals surface area contributed by atoms with Crippen LogP contribution in [-0.4, -0.2) is 66.3 Å². The van der Waals surface area contributed by atoms with Crippen LogP contribution in [0.4, 0.5) is 15.3 Å². The molecule has 1 N–H and O–H groups in total. The van der Waals surface area contributed by atoms with Crippen LogP contribution in [0.5, 0.6) is 0 Å². The molecule has 3 rings (SSSR count). The van der Waals surface area contributed by atoms with Crippen molar-refractivity contribution in [1.29, 1.82) is 0 Å². The molecule has 2 aromatic rings. The molecule has 1 saturated heterocycles. The van der Waals surface area contributed by atoms with Crippen molar-refractivity contribution in [1.82, 2.24) is 15.3 Å². The molecule has 1 fully saturated rings. The molecule has 2 aromatic carbocycles. The van der Waals surface area contributed by atoms with Gasteiger partial charge in [-0.3, -0.25) is 10.2 Å². The predicted molar refractivity (Wildman–Crippen MR) is 147 cm³/mol. The lowest BCUT2D eigenvalue weighted by Crippen LogP contribution is -2.49. The van der Waals surface area contributed by atoms with Crippen LogP contribution in [-0.2, 0) is 16.1 Å². The second-order valence-electron chi connectivity index (χ2n) is 10.8. The summed E-state index contributed by atoms with van der Waals surface area (Å²) in [6, 6.07) is 16.8. The molecule has 9 nitrogen and oxygen atoms in total. The van der Waals surface area contributed by atoms with Gasteiger partial charge in [0.2, 0.25) is 0 Å². The van der Waals surface area contributed by atoms with Crippen LogP contribution in [0, 0.1) is 5.92 Å². The summed E-state index contributed by atoms with van der Waals surface area (Å²) in [4.78, 5) is 41.9. The van der Waals surface area contributed by atoms with Gasteiger partial charge >= 0.3 is 12.2 Å². The smallest absolute Gasteiger partial charge is 0.429 e. The number of piperazine rings is 1. The topological polar surface area (TPSA) is 91.4 Å². The Morgan fingerprint density at radius 2 is 1.58 bits per heavy atom. The summed E-state index contributed by atoms with van der Waals surface area (Å²) in [5, 5.41) is 1.25. The number of carbonyl (C=O) groups is 3. The summed E-state index contributed by atoms with van der Waals surface area (Å²) in [5.41, 5.74) is 4.39. The van der Waals surface area contributed by atoms with E-state index in [0.29, 0.717) is 44.2 Å². The molecule has 0 aliphatic carbocycles. The van der Waals surface area contributed by atoms with Crippen LogP contribution in [0.15, 0.2) is 54.6 Å². The molecule has 206 valence electrons. The second kappa shape index (κ2) is 13.2. The first-order valence-electron chi connectivity index (χ1n) is 13.1. The Kier molecular flexibility index (Phi) is 9.98. The molecule has 38 heavy (non-hydrogen) atoms. The third-order valence-electron chi connectivity index (χ3n) is 6.02. The maximum Gasteiger partial charge on any atom is 0.429 e. The van der Waals surface area contributed by atoms with E-state index < -0.39 is 11.7 Å². The van der Waals surface area contributed by atoms with Gasteiger partial charge in [-0.2, -0.15) is 0 Å². The van der Waals surface area contributed by atoms with Gasteiger partial charge in [0, 0.05) is 44.0 Å². The number of rotatable bonds is 7. The lowest BCUT2D eigenvalue weighted by molar-refractivity contribution is 0.0124. The van der Waals surface area contributed by atoms with Crippen molar-refractivity contribution in [3.8, 4) is 0 Å². The number of nitrogens with one attached hydrogen (secondary N) is 1. The zero-order valence-corrected chi connectivity index (χ0v) is 23.1. The maximum atomic E-state index is 12.9.